The Morgan fingerprint density at radius 3 is 2.92 bits per heavy atom. The number of amides is 2. The van der Waals surface area contributed by atoms with Crippen molar-refractivity contribution in [3.8, 4) is 0 Å². The standard InChI is InChI=1S/C18H25N3O3/c1-17(2,3)24-16(23)21-9-5-7-18(12-21)14(11-20-15(18)22)13-6-4-8-19-10-13/h4,6,8,10,14H,5,7,9,11-12H2,1-3H3,(H,20,22). The molecule has 2 aliphatic heterocycles. The van der Waals surface area contributed by atoms with Crippen molar-refractivity contribution in [2.45, 2.75) is 45.1 Å². The van der Waals surface area contributed by atoms with E-state index in [2.05, 4.69) is 10.3 Å². The van der Waals surface area contributed by atoms with Crippen LogP contribution < -0.4 is 5.32 Å². The number of hydrogen-bond donors (Lipinski definition) is 1. The number of pyridine rings is 1. The van der Waals surface area contributed by atoms with Crippen LogP contribution in [0.5, 0.6) is 0 Å². The van der Waals surface area contributed by atoms with Crippen molar-refractivity contribution in [2.75, 3.05) is 19.6 Å². The lowest BCUT2D eigenvalue weighted by molar-refractivity contribution is -0.130. The summed E-state index contributed by atoms with van der Waals surface area (Å²) in [4.78, 5) is 31.0. The normalized spacial score (nSPS) is 27.2. The fourth-order valence-electron chi connectivity index (χ4n) is 3.78. The van der Waals surface area contributed by atoms with Crippen molar-refractivity contribution in [2.24, 2.45) is 5.41 Å². The Bertz CT molecular complexity index is 626. The van der Waals surface area contributed by atoms with Gasteiger partial charge in [-0.05, 0) is 45.2 Å². The maximum absolute atomic E-state index is 12.7. The average molecular weight is 331 g/mol. The third-order valence-corrected chi connectivity index (χ3v) is 4.85. The van der Waals surface area contributed by atoms with Crippen LogP contribution >= 0.6 is 0 Å². The summed E-state index contributed by atoms with van der Waals surface area (Å²) in [5, 5.41) is 2.99. The maximum Gasteiger partial charge on any atom is 0.410 e. The van der Waals surface area contributed by atoms with Gasteiger partial charge in [0.1, 0.15) is 5.60 Å². The molecule has 0 aromatic carbocycles. The van der Waals surface area contributed by atoms with Crippen molar-refractivity contribution in [3.05, 3.63) is 30.1 Å². The summed E-state index contributed by atoms with van der Waals surface area (Å²) in [6, 6.07) is 3.90. The van der Waals surface area contributed by atoms with Crippen LogP contribution in [0.25, 0.3) is 0 Å². The van der Waals surface area contributed by atoms with Gasteiger partial charge in [0.05, 0.1) is 5.41 Å². The first kappa shape index (κ1) is 16.7. The van der Waals surface area contributed by atoms with Crippen LogP contribution in [0.1, 0.15) is 45.1 Å². The Hall–Kier alpha value is -2.11. The molecular formula is C18H25N3O3. The highest BCUT2D eigenvalue weighted by molar-refractivity contribution is 5.87. The highest BCUT2D eigenvalue weighted by atomic mass is 16.6. The quantitative estimate of drug-likeness (QED) is 0.857. The van der Waals surface area contributed by atoms with Crippen molar-refractivity contribution in [3.63, 3.8) is 0 Å². The average Bonchev–Trinajstić information content (AvgIpc) is 2.83. The molecule has 0 aliphatic carbocycles. The SMILES string of the molecule is CC(C)(C)OC(=O)N1CCCC2(C1)C(=O)NCC2c1cccnc1. The predicted molar refractivity (Wildman–Crippen MR) is 89.5 cm³/mol. The van der Waals surface area contributed by atoms with E-state index in [-0.39, 0.29) is 17.9 Å². The summed E-state index contributed by atoms with van der Waals surface area (Å²) >= 11 is 0. The Labute approximate surface area is 142 Å². The monoisotopic (exact) mass is 331 g/mol. The molecule has 2 saturated heterocycles. The molecule has 24 heavy (non-hydrogen) atoms. The molecule has 3 heterocycles. The Kier molecular flexibility index (Phi) is 4.24. The van der Waals surface area contributed by atoms with Crippen LogP contribution in [0.2, 0.25) is 0 Å². The third-order valence-electron chi connectivity index (χ3n) is 4.85. The molecule has 1 aromatic rings. The Morgan fingerprint density at radius 1 is 1.46 bits per heavy atom. The molecule has 3 rings (SSSR count). The smallest absolute Gasteiger partial charge is 0.410 e. The van der Waals surface area contributed by atoms with E-state index < -0.39 is 11.0 Å². The van der Waals surface area contributed by atoms with Gasteiger partial charge < -0.3 is 15.0 Å². The van der Waals surface area contributed by atoms with Crippen molar-refractivity contribution < 1.29 is 14.3 Å². The topological polar surface area (TPSA) is 71.5 Å². The molecule has 2 unspecified atom stereocenters. The van der Waals surface area contributed by atoms with Crippen LogP contribution in [0.4, 0.5) is 4.79 Å². The van der Waals surface area contributed by atoms with Crippen LogP contribution in [-0.2, 0) is 9.53 Å². The zero-order chi connectivity index (χ0) is 17.4. The maximum atomic E-state index is 12.7. The lowest BCUT2D eigenvalue weighted by Crippen LogP contribution is -2.52. The first-order valence-corrected chi connectivity index (χ1v) is 8.48. The number of carbonyl (C=O) groups excluding carboxylic acids is 2. The summed E-state index contributed by atoms with van der Waals surface area (Å²) in [7, 11) is 0. The molecule has 1 spiro atoms. The first-order valence-electron chi connectivity index (χ1n) is 8.48. The molecule has 6 heteroatoms. The van der Waals surface area contributed by atoms with Crippen molar-refractivity contribution >= 4 is 12.0 Å². The minimum absolute atomic E-state index is 0.0314. The molecule has 2 aliphatic rings. The minimum atomic E-state index is -0.585. The molecule has 0 bridgehead atoms. The number of likely N-dealkylation sites (tertiary alicyclic amines) is 1. The van der Waals surface area contributed by atoms with Gasteiger partial charge in [-0.1, -0.05) is 6.07 Å². The molecule has 0 saturated carbocycles. The van der Waals surface area contributed by atoms with Crippen molar-refractivity contribution in [1.29, 1.82) is 0 Å². The first-order chi connectivity index (χ1) is 11.3. The van der Waals surface area contributed by atoms with E-state index in [1.54, 1.807) is 11.1 Å². The molecule has 130 valence electrons. The molecule has 2 atom stereocenters. The van der Waals surface area contributed by atoms with E-state index in [0.717, 1.165) is 18.4 Å². The zero-order valence-corrected chi connectivity index (χ0v) is 14.5. The fourth-order valence-corrected chi connectivity index (χ4v) is 3.78. The van der Waals surface area contributed by atoms with Crippen molar-refractivity contribution in [1.82, 2.24) is 15.2 Å². The Balaban J connectivity index is 1.84. The van der Waals surface area contributed by atoms with Crippen LogP contribution in [0.15, 0.2) is 24.5 Å². The number of piperidine rings is 1. The number of ether oxygens (including phenoxy) is 1. The molecule has 0 radical (unpaired) electrons. The number of nitrogens with one attached hydrogen (secondary N) is 1. The van der Waals surface area contributed by atoms with E-state index in [4.69, 9.17) is 4.74 Å². The number of nitrogens with zero attached hydrogens (tertiary/aromatic N) is 2. The van der Waals surface area contributed by atoms with E-state index in [1.807, 2.05) is 39.1 Å². The van der Waals surface area contributed by atoms with E-state index in [0.29, 0.717) is 19.6 Å². The zero-order valence-electron chi connectivity index (χ0n) is 14.5. The van der Waals surface area contributed by atoms with E-state index in [1.165, 1.54) is 0 Å². The Morgan fingerprint density at radius 2 is 2.25 bits per heavy atom. The lowest BCUT2D eigenvalue weighted by atomic mass is 9.69. The van der Waals surface area contributed by atoms with Gasteiger partial charge in [-0.2, -0.15) is 0 Å². The molecule has 6 nitrogen and oxygen atoms in total. The molecule has 1 N–H and O–H groups in total. The highest BCUT2D eigenvalue weighted by Gasteiger charge is 2.53. The van der Waals surface area contributed by atoms with Gasteiger partial charge >= 0.3 is 6.09 Å². The molecular weight excluding hydrogens is 306 g/mol. The molecule has 1 aromatic heterocycles. The second-order valence-electron chi connectivity index (χ2n) is 7.71. The van der Waals surface area contributed by atoms with Crippen LogP contribution in [0.3, 0.4) is 0 Å². The van der Waals surface area contributed by atoms with Gasteiger partial charge in [0.15, 0.2) is 0 Å². The second kappa shape index (κ2) is 6.07. The summed E-state index contributed by atoms with van der Waals surface area (Å²) in [5.41, 5.74) is -0.0810. The van der Waals surface area contributed by atoms with Gasteiger partial charge in [0, 0.05) is 37.9 Å². The minimum Gasteiger partial charge on any atom is -0.444 e. The number of rotatable bonds is 1. The largest absolute Gasteiger partial charge is 0.444 e. The van der Waals surface area contributed by atoms with Gasteiger partial charge in [-0.3, -0.25) is 9.78 Å². The van der Waals surface area contributed by atoms with Gasteiger partial charge in [0.2, 0.25) is 5.91 Å². The summed E-state index contributed by atoms with van der Waals surface area (Å²) < 4.78 is 5.50. The third kappa shape index (κ3) is 3.09. The fraction of sp³-hybridized carbons (Fsp3) is 0.611. The summed E-state index contributed by atoms with van der Waals surface area (Å²) in [6.07, 6.45) is 4.78. The number of aromatic nitrogens is 1. The summed E-state index contributed by atoms with van der Waals surface area (Å²) in [5.74, 6) is 0.0635. The van der Waals surface area contributed by atoms with Gasteiger partial charge in [-0.25, -0.2) is 4.79 Å². The van der Waals surface area contributed by atoms with Crippen LogP contribution in [0, 0.1) is 5.41 Å². The second-order valence-corrected chi connectivity index (χ2v) is 7.71. The predicted octanol–water partition coefficient (Wildman–Crippen LogP) is 2.31. The highest BCUT2D eigenvalue weighted by Crippen LogP contribution is 2.46. The van der Waals surface area contributed by atoms with Crippen LogP contribution in [-0.4, -0.2) is 47.1 Å². The molecule has 2 fully saturated rings. The lowest BCUT2D eigenvalue weighted by Gasteiger charge is -2.42. The number of carbonyl (C=O) groups is 2. The van der Waals surface area contributed by atoms with E-state index in [9.17, 15) is 9.59 Å². The summed E-state index contributed by atoms with van der Waals surface area (Å²) in [6.45, 7) is 7.17. The van der Waals surface area contributed by atoms with E-state index >= 15 is 0 Å². The number of hydrogen-bond acceptors (Lipinski definition) is 4. The molecule has 2 amide bonds. The van der Waals surface area contributed by atoms with Gasteiger partial charge in [-0.15, -0.1) is 0 Å². The van der Waals surface area contributed by atoms with Gasteiger partial charge in [0.25, 0.3) is 0 Å².